The largest absolute Gasteiger partial charge is 0.326 e. The highest BCUT2D eigenvalue weighted by atomic mass is 35.7. The average Bonchev–Trinajstić information content (AvgIpc) is 2.35. The van der Waals surface area contributed by atoms with Crippen molar-refractivity contribution in [1.29, 1.82) is 0 Å². The van der Waals surface area contributed by atoms with Crippen LogP contribution in [0.1, 0.15) is 71.1 Å². The van der Waals surface area contributed by atoms with Crippen LogP contribution < -0.4 is 0 Å². The van der Waals surface area contributed by atoms with Gasteiger partial charge < -0.3 is 9.05 Å². The lowest BCUT2D eigenvalue weighted by molar-refractivity contribution is 0.286. The van der Waals surface area contributed by atoms with Gasteiger partial charge in [-0.15, -0.1) is 0 Å². The molecule has 0 bridgehead atoms. The molecule has 104 valence electrons. The van der Waals surface area contributed by atoms with Crippen LogP contribution in [0.5, 0.6) is 0 Å². The normalized spacial score (nSPS) is 12.9. The molecule has 0 N–H and O–H groups in total. The van der Waals surface area contributed by atoms with Gasteiger partial charge in [-0.3, -0.25) is 0 Å². The van der Waals surface area contributed by atoms with Crippen molar-refractivity contribution in [2.75, 3.05) is 13.7 Å². The van der Waals surface area contributed by atoms with Gasteiger partial charge in [0.1, 0.15) is 0 Å². The number of rotatable bonds is 13. The summed E-state index contributed by atoms with van der Waals surface area (Å²) in [7, 11) is 0.438. The van der Waals surface area contributed by atoms with Gasteiger partial charge in [0.05, 0.1) is 6.61 Å². The maximum atomic E-state index is 5.71. The van der Waals surface area contributed by atoms with E-state index in [4.69, 9.17) is 20.3 Å². The van der Waals surface area contributed by atoms with Crippen LogP contribution in [0.15, 0.2) is 0 Å². The summed E-state index contributed by atoms with van der Waals surface area (Å²) >= 11 is 5.71. The summed E-state index contributed by atoms with van der Waals surface area (Å²) in [6.07, 6.45) is 13.4. The molecule has 0 saturated carbocycles. The van der Waals surface area contributed by atoms with Crippen LogP contribution in [0.2, 0.25) is 0 Å². The zero-order valence-corrected chi connectivity index (χ0v) is 13.1. The monoisotopic (exact) mass is 282 g/mol. The van der Waals surface area contributed by atoms with Crippen LogP contribution in [0.3, 0.4) is 0 Å². The number of unbranched alkanes of at least 4 members (excludes halogenated alkanes) is 9. The molecule has 0 aliphatic carbocycles. The molecule has 17 heavy (non-hydrogen) atoms. The van der Waals surface area contributed by atoms with Gasteiger partial charge in [-0.25, -0.2) is 0 Å². The van der Waals surface area contributed by atoms with Crippen molar-refractivity contribution >= 4 is 19.0 Å². The fourth-order valence-electron chi connectivity index (χ4n) is 1.78. The molecule has 0 aliphatic heterocycles. The van der Waals surface area contributed by atoms with Gasteiger partial charge in [0.15, 0.2) is 0 Å². The Balaban J connectivity index is 2.94. The third kappa shape index (κ3) is 14.6. The molecule has 0 heterocycles. The molecule has 2 nitrogen and oxygen atoms in total. The molecule has 0 saturated heterocycles. The van der Waals surface area contributed by atoms with Crippen molar-refractivity contribution in [3.63, 3.8) is 0 Å². The van der Waals surface area contributed by atoms with E-state index in [0.29, 0.717) is 0 Å². The number of hydrogen-bond donors (Lipinski definition) is 0. The first-order valence-corrected chi connectivity index (χ1v) is 9.02. The van der Waals surface area contributed by atoms with E-state index < -0.39 is 7.73 Å². The minimum atomic E-state index is -1.14. The van der Waals surface area contributed by atoms with Crippen LogP contribution >= 0.6 is 19.0 Å². The van der Waals surface area contributed by atoms with Gasteiger partial charge in [0.2, 0.25) is 0 Å². The van der Waals surface area contributed by atoms with Crippen molar-refractivity contribution in [3.8, 4) is 0 Å². The summed E-state index contributed by atoms with van der Waals surface area (Å²) in [6.45, 7) is 3.00. The van der Waals surface area contributed by atoms with Crippen LogP contribution in [-0.4, -0.2) is 13.7 Å². The molecule has 1 unspecified atom stereocenters. The summed E-state index contributed by atoms with van der Waals surface area (Å²) in [6, 6.07) is 0. The third-order valence-electron chi connectivity index (χ3n) is 2.83. The lowest BCUT2D eigenvalue weighted by Crippen LogP contribution is -1.89. The minimum Gasteiger partial charge on any atom is -0.326 e. The van der Waals surface area contributed by atoms with E-state index in [1.54, 1.807) is 7.11 Å². The molecular weight excluding hydrogens is 255 g/mol. The summed E-state index contributed by atoms with van der Waals surface area (Å²) in [5, 5.41) is 0. The second-order valence-corrected chi connectivity index (χ2v) is 6.29. The Kier molecular flexibility index (Phi) is 15.3. The van der Waals surface area contributed by atoms with Gasteiger partial charge >= 0.3 is 0 Å². The molecule has 0 rings (SSSR count). The first kappa shape index (κ1) is 17.6. The molecule has 0 spiro atoms. The summed E-state index contributed by atoms with van der Waals surface area (Å²) in [4.78, 5) is 0. The molecule has 0 amide bonds. The van der Waals surface area contributed by atoms with E-state index in [1.165, 1.54) is 57.8 Å². The quantitative estimate of drug-likeness (QED) is 0.303. The minimum absolute atomic E-state index is 0.736. The van der Waals surface area contributed by atoms with E-state index in [1.807, 2.05) is 0 Å². The fourth-order valence-corrected chi connectivity index (χ4v) is 2.36. The van der Waals surface area contributed by atoms with E-state index >= 15 is 0 Å². The Morgan fingerprint density at radius 3 is 1.76 bits per heavy atom. The second kappa shape index (κ2) is 14.7. The highest BCUT2D eigenvalue weighted by Crippen LogP contribution is 2.42. The van der Waals surface area contributed by atoms with E-state index in [0.717, 1.165) is 13.0 Å². The molecule has 0 aromatic carbocycles. The van der Waals surface area contributed by atoms with Crippen molar-refractivity contribution in [1.82, 2.24) is 0 Å². The zero-order valence-electron chi connectivity index (χ0n) is 11.4. The molecular formula is C13H28ClO2P. The molecule has 0 radical (unpaired) electrons. The predicted molar refractivity (Wildman–Crippen MR) is 77.6 cm³/mol. The standard InChI is InChI=1S/C13H28ClO2P/c1-3-4-5-6-7-8-9-10-11-12-13-16-17(14)15-2/h3-13H2,1-2H3. The number of halogens is 1. The Labute approximate surface area is 113 Å². The SMILES string of the molecule is CCCCCCCCCCCCOP(Cl)OC. The lowest BCUT2D eigenvalue weighted by atomic mass is 10.1. The van der Waals surface area contributed by atoms with Gasteiger partial charge in [0, 0.05) is 7.11 Å². The van der Waals surface area contributed by atoms with Crippen LogP contribution in [0.4, 0.5) is 0 Å². The molecule has 4 heteroatoms. The van der Waals surface area contributed by atoms with Gasteiger partial charge in [-0.2, -0.15) is 0 Å². The van der Waals surface area contributed by atoms with Crippen LogP contribution in [0, 0.1) is 0 Å². The zero-order chi connectivity index (χ0) is 12.8. The van der Waals surface area contributed by atoms with Crippen LogP contribution in [-0.2, 0) is 9.05 Å². The Bertz CT molecular complexity index is 147. The van der Waals surface area contributed by atoms with Crippen molar-refractivity contribution in [2.45, 2.75) is 71.1 Å². The third-order valence-corrected chi connectivity index (χ3v) is 4.21. The number of hydrogen-bond acceptors (Lipinski definition) is 2. The second-order valence-electron chi connectivity index (χ2n) is 4.41. The van der Waals surface area contributed by atoms with Crippen molar-refractivity contribution < 1.29 is 9.05 Å². The van der Waals surface area contributed by atoms with Crippen LogP contribution in [0.25, 0.3) is 0 Å². The average molecular weight is 283 g/mol. The predicted octanol–water partition coefficient (Wildman–Crippen LogP) is 6.04. The molecule has 1 atom stereocenters. The van der Waals surface area contributed by atoms with Crippen molar-refractivity contribution in [3.05, 3.63) is 0 Å². The fraction of sp³-hybridized carbons (Fsp3) is 1.00. The summed E-state index contributed by atoms with van der Waals surface area (Å²) < 4.78 is 10.1. The maximum absolute atomic E-state index is 5.71. The smallest absolute Gasteiger partial charge is 0.276 e. The lowest BCUT2D eigenvalue weighted by Gasteiger charge is -2.06. The molecule has 0 aromatic rings. The Morgan fingerprint density at radius 1 is 0.824 bits per heavy atom. The van der Waals surface area contributed by atoms with E-state index in [9.17, 15) is 0 Å². The highest BCUT2D eigenvalue weighted by Gasteiger charge is 2.01. The topological polar surface area (TPSA) is 18.5 Å². The van der Waals surface area contributed by atoms with Gasteiger partial charge in [-0.05, 0) is 17.7 Å². The Hall–Kier alpha value is 0.640. The summed E-state index contributed by atoms with van der Waals surface area (Å²) in [5.74, 6) is 0. The Morgan fingerprint density at radius 2 is 1.29 bits per heavy atom. The molecule has 0 aliphatic rings. The molecule has 0 aromatic heterocycles. The summed E-state index contributed by atoms with van der Waals surface area (Å²) in [5.41, 5.74) is 0. The molecule has 0 fully saturated rings. The van der Waals surface area contributed by atoms with Crippen molar-refractivity contribution in [2.24, 2.45) is 0 Å². The first-order chi connectivity index (χ1) is 8.31. The van der Waals surface area contributed by atoms with E-state index in [2.05, 4.69) is 6.92 Å². The highest BCUT2D eigenvalue weighted by molar-refractivity contribution is 7.76. The first-order valence-electron chi connectivity index (χ1n) is 6.94. The van der Waals surface area contributed by atoms with Gasteiger partial charge in [-0.1, -0.05) is 64.7 Å². The van der Waals surface area contributed by atoms with E-state index in [-0.39, 0.29) is 0 Å². The van der Waals surface area contributed by atoms with Gasteiger partial charge in [0.25, 0.3) is 7.73 Å². The maximum Gasteiger partial charge on any atom is 0.276 e.